The van der Waals surface area contributed by atoms with E-state index in [1.807, 2.05) is 24.3 Å². The molecule has 41 heavy (non-hydrogen) atoms. The number of nitrogens with zero attached hydrogens (tertiary/aromatic N) is 1. The van der Waals surface area contributed by atoms with Gasteiger partial charge in [0.15, 0.2) is 5.78 Å². The zero-order valence-corrected chi connectivity index (χ0v) is 21.9. The van der Waals surface area contributed by atoms with Gasteiger partial charge in [-0.15, -0.1) is 0 Å². The number of para-hydroxylation sites is 1. The zero-order valence-electron chi connectivity index (χ0n) is 21.9. The van der Waals surface area contributed by atoms with E-state index < -0.39 is 11.7 Å². The Bertz CT molecular complexity index is 1720. The molecule has 0 saturated carbocycles. The third-order valence-corrected chi connectivity index (χ3v) is 6.61. The molecule has 0 aliphatic carbocycles. The fourth-order valence-electron chi connectivity index (χ4n) is 4.58. The molecule has 0 N–H and O–H groups in total. The minimum Gasteiger partial charge on any atom is -0.489 e. The molecule has 206 valence electrons. The van der Waals surface area contributed by atoms with Gasteiger partial charge in [0.1, 0.15) is 12.4 Å². The molecule has 0 spiro atoms. The molecule has 0 unspecified atom stereocenters. The summed E-state index contributed by atoms with van der Waals surface area (Å²) in [7, 11) is 1.34. The number of rotatable bonds is 8. The number of hydrogen-bond donors (Lipinski definition) is 0. The number of carbonyl (C=O) groups excluding carboxylic acids is 2. The predicted molar refractivity (Wildman–Crippen MR) is 149 cm³/mol. The highest BCUT2D eigenvalue weighted by Gasteiger charge is 2.34. The van der Waals surface area contributed by atoms with Crippen LogP contribution in [0.3, 0.4) is 0 Å². The van der Waals surface area contributed by atoms with Gasteiger partial charge < -0.3 is 9.47 Å². The molecule has 0 atom stereocenters. The minimum atomic E-state index is -4.62. The molecular weight excluding hydrogens is 531 g/mol. The Balaban J connectivity index is 1.53. The second-order valence-electron chi connectivity index (χ2n) is 9.33. The third kappa shape index (κ3) is 6.11. The highest BCUT2D eigenvalue weighted by Crippen LogP contribution is 2.39. The summed E-state index contributed by atoms with van der Waals surface area (Å²) in [6.45, 7) is 0.215. The second kappa shape index (κ2) is 11.6. The van der Waals surface area contributed by atoms with Crippen LogP contribution in [0.5, 0.6) is 5.75 Å². The predicted octanol–water partition coefficient (Wildman–Crippen LogP) is 7.45. The first-order valence-corrected chi connectivity index (χ1v) is 12.7. The summed E-state index contributed by atoms with van der Waals surface area (Å²) in [6, 6.07) is 26.6. The summed E-state index contributed by atoms with van der Waals surface area (Å²) < 4.78 is 52.3. The van der Waals surface area contributed by atoms with E-state index in [-0.39, 0.29) is 41.2 Å². The highest BCUT2D eigenvalue weighted by atomic mass is 19.4. The van der Waals surface area contributed by atoms with Gasteiger partial charge in [-0.1, -0.05) is 78.9 Å². The number of halogens is 3. The largest absolute Gasteiger partial charge is 0.489 e. The lowest BCUT2D eigenvalue weighted by Crippen LogP contribution is -2.09. The lowest BCUT2D eigenvalue weighted by atomic mass is 9.91. The summed E-state index contributed by atoms with van der Waals surface area (Å²) in [4.78, 5) is 29.2. The van der Waals surface area contributed by atoms with E-state index >= 15 is 0 Å². The SMILES string of the molecule is COC(=O)Cc1ccc(COc2cccc(-c3c(C(=O)c4ccccc4)cnc4c(C(F)(F)F)cccc34)c2)cc1. The third-order valence-electron chi connectivity index (χ3n) is 6.61. The number of aromatic nitrogens is 1. The number of ether oxygens (including phenoxy) is 2. The Labute approximate surface area is 234 Å². The van der Waals surface area contributed by atoms with Gasteiger partial charge in [0.25, 0.3) is 0 Å². The maximum atomic E-state index is 13.9. The van der Waals surface area contributed by atoms with Crippen LogP contribution in [-0.4, -0.2) is 23.8 Å². The average Bonchev–Trinajstić information content (AvgIpc) is 2.99. The van der Waals surface area contributed by atoms with Crippen LogP contribution >= 0.6 is 0 Å². The van der Waals surface area contributed by atoms with Gasteiger partial charge in [-0.25, -0.2) is 0 Å². The summed E-state index contributed by atoms with van der Waals surface area (Å²) in [5.74, 6) is -0.219. The van der Waals surface area contributed by atoms with Gasteiger partial charge in [0.2, 0.25) is 0 Å². The Kier molecular flexibility index (Phi) is 7.83. The van der Waals surface area contributed by atoms with Crippen LogP contribution in [0.2, 0.25) is 0 Å². The van der Waals surface area contributed by atoms with Gasteiger partial charge in [-0.2, -0.15) is 13.2 Å². The number of benzene rings is 4. The summed E-state index contributed by atoms with van der Waals surface area (Å²) in [6.07, 6.45) is -3.24. The highest BCUT2D eigenvalue weighted by molar-refractivity contribution is 6.16. The van der Waals surface area contributed by atoms with E-state index in [2.05, 4.69) is 4.98 Å². The molecule has 4 aromatic carbocycles. The van der Waals surface area contributed by atoms with Crippen molar-refractivity contribution in [1.82, 2.24) is 4.98 Å². The van der Waals surface area contributed by atoms with Crippen LogP contribution in [-0.2, 0) is 28.7 Å². The topological polar surface area (TPSA) is 65.5 Å². The summed E-state index contributed by atoms with van der Waals surface area (Å²) in [5.41, 5.74) is 1.98. The standard InChI is InChI=1S/C33H24F3NO4/c1-40-29(38)17-21-13-15-22(16-14-21)20-41-25-10-5-9-24(18-25)30-26-11-6-12-28(33(34,35)36)31(26)37-19-27(30)32(39)23-7-3-2-4-8-23/h2-16,18-19H,17,20H2,1H3. The maximum Gasteiger partial charge on any atom is 0.418 e. The van der Waals surface area contributed by atoms with Crippen molar-refractivity contribution < 1.29 is 32.2 Å². The number of carbonyl (C=O) groups is 2. The van der Waals surface area contributed by atoms with E-state index in [0.717, 1.165) is 17.2 Å². The maximum absolute atomic E-state index is 13.9. The smallest absolute Gasteiger partial charge is 0.418 e. The van der Waals surface area contributed by atoms with Crippen molar-refractivity contribution in [2.24, 2.45) is 0 Å². The molecule has 0 radical (unpaired) electrons. The molecule has 5 nitrogen and oxygen atoms in total. The number of hydrogen-bond acceptors (Lipinski definition) is 5. The quantitative estimate of drug-likeness (QED) is 0.147. The lowest BCUT2D eigenvalue weighted by molar-refractivity contribution is -0.140. The van der Waals surface area contributed by atoms with Crippen molar-refractivity contribution in [3.8, 4) is 16.9 Å². The van der Waals surface area contributed by atoms with Crippen LogP contribution < -0.4 is 4.74 Å². The molecule has 0 bridgehead atoms. The van der Waals surface area contributed by atoms with E-state index in [0.29, 0.717) is 22.4 Å². The minimum absolute atomic E-state index is 0.166. The second-order valence-corrected chi connectivity index (χ2v) is 9.33. The van der Waals surface area contributed by atoms with Crippen LogP contribution in [0.15, 0.2) is 103 Å². The average molecular weight is 556 g/mol. The Morgan fingerprint density at radius 3 is 2.24 bits per heavy atom. The van der Waals surface area contributed by atoms with Gasteiger partial charge in [0, 0.05) is 28.3 Å². The van der Waals surface area contributed by atoms with Crippen LogP contribution in [0.25, 0.3) is 22.0 Å². The molecule has 0 aliphatic rings. The fourth-order valence-corrected chi connectivity index (χ4v) is 4.58. The Morgan fingerprint density at radius 2 is 1.54 bits per heavy atom. The van der Waals surface area contributed by atoms with Crippen molar-refractivity contribution in [2.75, 3.05) is 7.11 Å². The molecule has 0 amide bonds. The molecule has 1 aromatic heterocycles. The van der Waals surface area contributed by atoms with Gasteiger partial charge in [-0.3, -0.25) is 14.6 Å². The van der Waals surface area contributed by atoms with Gasteiger partial charge >= 0.3 is 12.1 Å². The Morgan fingerprint density at radius 1 is 0.829 bits per heavy atom. The van der Waals surface area contributed by atoms with Crippen molar-refractivity contribution in [3.63, 3.8) is 0 Å². The van der Waals surface area contributed by atoms with Crippen molar-refractivity contribution >= 4 is 22.7 Å². The number of alkyl halides is 3. The van der Waals surface area contributed by atoms with E-state index in [1.165, 1.54) is 25.4 Å². The molecular formula is C33H24F3NO4. The normalized spacial score (nSPS) is 11.3. The number of esters is 1. The lowest BCUT2D eigenvalue weighted by Gasteiger charge is -2.16. The first-order chi connectivity index (χ1) is 19.7. The van der Waals surface area contributed by atoms with E-state index in [1.54, 1.807) is 54.6 Å². The zero-order chi connectivity index (χ0) is 29.0. The number of ketones is 1. The molecule has 0 saturated heterocycles. The number of pyridine rings is 1. The Hall–Kier alpha value is -4.98. The first kappa shape index (κ1) is 27.6. The molecule has 1 heterocycles. The van der Waals surface area contributed by atoms with Crippen LogP contribution in [0, 0.1) is 0 Å². The monoisotopic (exact) mass is 555 g/mol. The van der Waals surface area contributed by atoms with E-state index in [4.69, 9.17) is 9.47 Å². The van der Waals surface area contributed by atoms with Crippen LogP contribution in [0.1, 0.15) is 32.6 Å². The number of methoxy groups -OCH3 is 1. The van der Waals surface area contributed by atoms with Gasteiger partial charge in [-0.05, 0) is 34.9 Å². The molecule has 5 rings (SSSR count). The van der Waals surface area contributed by atoms with Crippen molar-refractivity contribution in [2.45, 2.75) is 19.2 Å². The summed E-state index contributed by atoms with van der Waals surface area (Å²) in [5, 5.41) is 0.208. The number of fused-ring (bicyclic) bond motifs is 1. The van der Waals surface area contributed by atoms with Crippen molar-refractivity contribution in [3.05, 3.63) is 131 Å². The summed E-state index contributed by atoms with van der Waals surface area (Å²) >= 11 is 0. The van der Waals surface area contributed by atoms with Crippen molar-refractivity contribution in [1.29, 1.82) is 0 Å². The van der Waals surface area contributed by atoms with E-state index in [9.17, 15) is 22.8 Å². The molecule has 5 aromatic rings. The van der Waals surface area contributed by atoms with Crippen LogP contribution in [0.4, 0.5) is 13.2 Å². The molecule has 0 fully saturated rings. The first-order valence-electron chi connectivity index (χ1n) is 12.7. The molecule has 0 aliphatic heterocycles. The molecule has 8 heteroatoms. The van der Waals surface area contributed by atoms with Gasteiger partial charge in [0.05, 0.1) is 24.6 Å². The fraction of sp³-hybridized carbons (Fsp3) is 0.121.